The zero-order chi connectivity index (χ0) is 12.3. The molecule has 6 nitrogen and oxygen atoms in total. The van der Waals surface area contributed by atoms with Gasteiger partial charge in [0, 0.05) is 11.8 Å². The Bertz CT molecular complexity index is 397. The van der Waals surface area contributed by atoms with Gasteiger partial charge in [0.05, 0.1) is 12.1 Å². The molecule has 88 valence electrons. The van der Waals surface area contributed by atoms with Crippen LogP contribution in [0.2, 0.25) is 5.02 Å². The Hall–Kier alpha value is -1.37. The van der Waals surface area contributed by atoms with E-state index in [1.807, 2.05) is 0 Å². The smallest absolute Gasteiger partial charge is 0.335 e. The van der Waals surface area contributed by atoms with Crippen molar-refractivity contribution in [1.29, 1.82) is 0 Å². The monoisotopic (exact) mass is 247 g/mol. The van der Waals surface area contributed by atoms with Crippen molar-refractivity contribution < 1.29 is 24.9 Å². The van der Waals surface area contributed by atoms with E-state index in [2.05, 4.69) is 4.98 Å². The van der Waals surface area contributed by atoms with Crippen molar-refractivity contribution in [3.8, 4) is 5.88 Å². The molecule has 0 saturated carbocycles. The van der Waals surface area contributed by atoms with Gasteiger partial charge in [-0.15, -0.1) is 0 Å². The van der Waals surface area contributed by atoms with Gasteiger partial charge >= 0.3 is 5.97 Å². The van der Waals surface area contributed by atoms with E-state index in [-0.39, 0.29) is 16.5 Å². The van der Waals surface area contributed by atoms with Crippen molar-refractivity contribution in [2.45, 2.75) is 12.2 Å². The normalized spacial score (nSPS) is 14.2. The minimum absolute atomic E-state index is 0.0113. The molecule has 2 unspecified atom stereocenters. The lowest BCUT2D eigenvalue weighted by Crippen LogP contribution is -2.27. The molecule has 1 aromatic heterocycles. The van der Waals surface area contributed by atoms with Gasteiger partial charge in [-0.05, 0) is 6.07 Å². The van der Waals surface area contributed by atoms with Gasteiger partial charge in [0.1, 0.15) is 6.10 Å². The van der Waals surface area contributed by atoms with E-state index in [0.717, 1.165) is 0 Å². The van der Waals surface area contributed by atoms with E-state index in [1.54, 1.807) is 0 Å². The van der Waals surface area contributed by atoms with Crippen LogP contribution in [0.4, 0.5) is 0 Å². The van der Waals surface area contributed by atoms with Crippen molar-refractivity contribution in [3.05, 3.63) is 22.8 Å². The fourth-order valence-electron chi connectivity index (χ4n) is 1.13. The number of aromatic nitrogens is 1. The van der Waals surface area contributed by atoms with E-state index < -0.39 is 18.2 Å². The number of carboxylic acids is 1. The molecule has 2 atom stereocenters. The van der Waals surface area contributed by atoms with Crippen LogP contribution >= 0.6 is 11.6 Å². The summed E-state index contributed by atoms with van der Waals surface area (Å²) in [6, 6.07) is 1.28. The highest BCUT2D eigenvalue weighted by Crippen LogP contribution is 2.27. The molecule has 0 saturated heterocycles. The fourth-order valence-corrected chi connectivity index (χ4v) is 1.30. The van der Waals surface area contributed by atoms with Gasteiger partial charge in [-0.25, -0.2) is 9.78 Å². The third-order valence-corrected chi connectivity index (χ3v) is 2.12. The highest BCUT2D eigenvalue weighted by molar-refractivity contribution is 6.30. The van der Waals surface area contributed by atoms with E-state index in [0.29, 0.717) is 0 Å². The maximum atomic E-state index is 10.5. The predicted molar refractivity (Wildman–Crippen MR) is 54.4 cm³/mol. The maximum absolute atomic E-state index is 10.5. The lowest BCUT2D eigenvalue weighted by atomic mass is 10.1. The van der Waals surface area contributed by atoms with Gasteiger partial charge in [0.25, 0.3) is 0 Å². The number of aliphatic hydroxyl groups excluding tert-OH is 2. The number of aliphatic hydroxyl groups is 2. The molecule has 0 aliphatic rings. The van der Waals surface area contributed by atoms with Crippen LogP contribution in [-0.4, -0.2) is 39.5 Å². The number of carbonyl (C=O) groups is 1. The Labute approximate surface area is 96.1 Å². The van der Waals surface area contributed by atoms with E-state index in [9.17, 15) is 15.0 Å². The number of carboxylic acid groups (broad SMARTS) is 1. The molecule has 3 N–H and O–H groups in total. The second kappa shape index (κ2) is 5.11. The van der Waals surface area contributed by atoms with Crippen LogP contribution in [0.5, 0.6) is 5.88 Å². The Balaban J connectivity index is 3.10. The van der Waals surface area contributed by atoms with Crippen LogP contribution in [-0.2, 0) is 4.79 Å². The average molecular weight is 248 g/mol. The van der Waals surface area contributed by atoms with Gasteiger partial charge in [0.15, 0.2) is 6.10 Å². The molecule has 0 fully saturated rings. The molecule has 1 heterocycles. The number of hydrogen-bond acceptors (Lipinski definition) is 5. The first-order chi connectivity index (χ1) is 7.47. The molecule has 0 aliphatic carbocycles. The highest BCUT2D eigenvalue weighted by atomic mass is 35.5. The quantitative estimate of drug-likeness (QED) is 0.704. The molecule has 0 spiro atoms. The summed E-state index contributed by atoms with van der Waals surface area (Å²) in [6.45, 7) is 0. The second-order valence-corrected chi connectivity index (χ2v) is 3.42. The average Bonchev–Trinajstić information content (AvgIpc) is 2.26. The number of rotatable bonds is 4. The summed E-state index contributed by atoms with van der Waals surface area (Å²) in [5.74, 6) is -1.54. The van der Waals surface area contributed by atoms with E-state index in [4.69, 9.17) is 21.4 Å². The number of nitrogens with zero attached hydrogens (tertiary/aromatic N) is 1. The lowest BCUT2D eigenvalue weighted by Gasteiger charge is -2.16. The zero-order valence-electron chi connectivity index (χ0n) is 8.29. The third-order valence-electron chi connectivity index (χ3n) is 1.91. The third kappa shape index (κ3) is 2.60. The number of pyridine rings is 1. The van der Waals surface area contributed by atoms with Crippen molar-refractivity contribution in [1.82, 2.24) is 4.98 Å². The molecule has 0 bridgehead atoms. The summed E-state index contributed by atoms with van der Waals surface area (Å²) >= 11 is 5.64. The first-order valence-corrected chi connectivity index (χ1v) is 4.63. The van der Waals surface area contributed by atoms with Crippen LogP contribution < -0.4 is 4.74 Å². The molecule has 0 aliphatic heterocycles. The fraction of sp³-hybridized carbons (Fsp3) is 0.333. The largest absolute Gasteiger partial charge is 0.481 e. The van der Waals surface area contributed by atoms with Crippen LogP contribution in [0.1, 0.15) is 11.7 Å². The van der Waals surface area contributed by atoms with Gasteiger partial charge in [-0.3, -0.25) is 0 Å². The minimum Gasteiger partial charge on any atom is -0.481 e. The molecule has 7 heteroatoms. The molecular weight excluding hydrogens is 238 g/mol. The Morgan fingerprint density at radius 1 is 1.56 bits per heavy atom. The van der Waals surface area contributed by atoms with Crippen LogP contribution in [0.15, 0.2) is 12.3 Å². The topological polar surface area (TPSA) is 99.9 Å². The predicted octanol–water partition coefficient (Wildman–Crippen LogP) is 0.223. The number of methoxy groups -OCH3 is 1. The molecule has 16 heavy (non-hydrogen) atoms. The van der Waals surface area contributed by atoms with Crippen LogP contribution in [0.25, 0.3) is 0 Å². The molecule has 0 amide bonds. The molecule has 1 rings (SSSR count). The number of hydrogen-bond donors (Lipinski definition) is 3. The number of aliphatic carboxylic acids is 1. The standard InChI is InChI=1S/C9H10ClNO5/c1-16-8-5(2-4(10)3-11-8)6(12)7(13)9(14)15/h2-3,6-7,12-13H,1H3,(H,14,15). The summed E-state index contributed by atoms with van der Waals surface area (Å²) in [7, 11) is 1.31. The summed E-state index contributed by atoms with van der Waals surface area (Å²) < 4.78 is 4.82. The van der Waals surface area contributed by atoms with Crippen LogP contribution in [0.3, 0.4) is 0 Å². The van der Waals surface area contributed by atoms with Gasteiger partial charge < -0.3 is 20.1 Å². The Morgan fingerprint density at radius 3 is 2.69 bits per heavy atom. The van der Waals surface area contributed by atoms with Crippen LogP contribution in [0, 0.1) is 0 Å². The summed E-state index contributed by atoms with van der Waals surface area (Å²) in [6.07, 6.45) is -2.34. The minimum atomic E-state index is -1.96. The van der Waals surface area contributed by atoms with Gasteiger partial charge in [-0.1, -0.05) is 11.6 Å². The highest BCUT2D eigenvalue weighted by Gasteiger charge is 2.28. The van der Waals surface area contributed by atoms with Crippen molar-refractivity contribution in [2.75, 3.05) is 7.11 Å². The number of halogens is 1. The van der Waals surface area contributed by atoms with Crippen molar-refractivity contribution in [2.24, 2.45) is 0 Å². The summed E-state index contributed by atoms with van der Waals surface area (Å²) in [4.78, 5) is 14.2. The molecule has 1 aromatic rings. The second-order valence-electron chi connectivity index (χ2n) is 2.98. The van der Waals surface area contributed by atoms with Gasteiger partial charge in [0.2, 0.25) is 5.88 Å². The van der Waals surface area contributed by atoms with Gasteiger partial charge in [-0.2, -0.15) is 0 Å². The maximum Gasteiger partial charge on any atom is 0.335 e. The summed E-state index contributed by atoms with van der Waals surface area (Å²) in [5, 5.41) is 27.5. The summed E-state index contributed by atoms with van der Waals surface area (Å²) in [5.41, 5.74) is 0.0184. The molecular formula is C9H10ClNO5. The Kier molecular flexibility index (Phi) is 4.05. The van der Waals surface area contributed by atoms with Crippen molar-refractivity contribution in [3.63, 3.8) is 0 Å². The zero-order valence-corrected chi connectivity index (χ0v) is 9.05. The lowest BCUT2D eigenvalue weighted by molar-refractivity contribution is -0.153. The Morgan fingerprint density at radius 2 is 2.19 bits per heavy atom. The van der Waals surface area contributed by atoms with Crippen molar-refractivity contribution >= 4 is 17.6 Å². The van der Waals surface area contributed by atoms with E-state index in [1.165, 1.54) is 19.4 Å². The first kappa shape index (κ1) is 12.7. The SMILES string of the molecule is COc1ncc(Cl)cc1C(O)C(O)C(=O)O. The first-order valence-electron chi connectivity index (χ1n) is 4.25. The number of ether oxygens (including phenoxy) is 1. The molecule has 0 radical (unpaired) electrons. The van der Waals surface area contributed by atoms with E-state index >= 15 is 0 Å². The molecule has 0 aromatic carbocycles.